The van der Waals surface area contributed by atoms with E-state index in [1.54, 1.807) is 0 Å². The van der Waals surface area contributed by atoms with Crippen LogP contribution >= 0.6 is 0 Å². The van der Waals surface area contributed by atoms with Crippen molar-refractivity contribution in [2.45, 2.75) is 33.0 Å². The summed E-state index contributed by atoms with van der Waals surface area (Å²) in [6, 6.07) is 8.00. The summed E-state index contributed by atoms with van der Waals surface area (Å²) in [6.45, 7) is 9.13. The van der Waals surface area contributed by atoms with Gasteiger partial charge in [0, 0.05) is 19.6 Å². The molecule has 1 aliphatic heterocycles. The fourth-order valence-corrected chi connectivity index (χ4v) is 2.75. The normalized spacial score (nSPS) is 21.5. The number of likely N-dealkylation sites (N-methyl/N-ethyl adjacent to an activating group) is 1. The van der Waals surface area contributed by atoms with Crippen molar-refractivity contribution in [3.05, 3.63) is 29.8 Å². The molecule has 0 aromatic heterocycles. The van der Waals surface area contributed by atoms with Gasteiger partial charge in [0.25, 0.3) is 0 Å². The Morgan fingerprint density at radius 2 is 1.87 bits per heavy atom. The van der Waals surface area contributed by atoms with Gasteiger partial charge in [0.1, 0.15) is 12.4 Å². The SMILES string of the molecule is Cc1ccc(OCCN(C)CC(=O)N2CC(C)OC(C)C2)cc1. The van der Waals surface area contributed by atoms with E-state index < -0.39 is 0 Å². The highest BCUT2D eigenvalue weighted by molar-refractivity contribution is 5.78. The highest BCUT2D eigenvalue weighted by Gasteiger charge is 2.26. The minimum atomic E-state index is 0.109. The lowest BCUT2D eigenvalue weighted by molar-refractivity contribution is -0.144. The van der Waals surface area contributed by atoms with Gasteiger partial charge in [0.2, 0.25) is 5.91 Å². The van der Waals surface area contributed by atoms with Crippen molar-refractivity contribution in [2.75, 3.05) is 39.8 Å². The maximum absolute atomic E-state index is 12.4. The molecule has 2 rings (SSSR count). The first kappa shape index (κ1) is 17.8. The van der Waals surface area contributed by atoms with E-state index in [-0.39, 0.29) is 18.1 Å². The van der Waals surface area contributed by atoms with Crippen LogP contribution in [0.4, 0.5) is 0 Å². The second-order valence-electron chi connectivity index (χ2n) is 6.46. The number of ether oxygens (including phenoxy) is 2. The van der Waals surface area contributed by atoms with Crippen molar-refractivity contribution >= 4 is 5.91 Å². The van der Waals surface area contributed by atoms with E-state index in [0.717, 1.165) is 12.3 Å². The highest BCUT2D eigenvalue weighted by atomic mass is 16.5. The Labute approximate surface area is 139 Å². The van der Waals surface area contributed by atoms with Crippen LogP contribution in [0.25, 0.3) is 0 Å². The Morgan fingerprint density at radius 1 is 1.26 bits per heavy atom. The summed E-state index contributed by atoms with van der Waals surface area (Å²) in [5.74, 6) is 1.02. The van der Waals surface area contributed by atoms with Crippen molar-refractivity contribution in [1.29, 1.82) is 0 Å². The van der Waals surface area contributed by atoms with E-state index in [0.29, 0.717) is 26.2 Å². The molecular weight excluding hydrogens is 292 g/mol. The third-order valence-corrected chi connectivity index (χ3v) is 3.94. The van der Waals surface area contributed by atoms with Crippen LogP contribution in [0.1, 0.15) is 19.4 Å². The maximum Gasteiger partial charge on any atom is 0.236 e. The van der Waals surface area contributed by atoms with Crippen LogP contribution in [-0.4, -0.2) is 67.7 Å². The van der Waals surface area contributed by atoms with Crippen LogP contribution in [0, 0.1) is 6.92 Å². The molecule has 1 aromatic carbocycles. The van der Waals surface area contributed by atoms with Crippen LogP contribution < -0.4 is 4.74 Å². The zero-order chi connectivity index (χ0) is 16.8. The molecule has 1 aromatic rings. The van der Waals surface area contributed by atoms with Gasteiger partial charge in [-0.2, -0.15) is 0 Å². The minimum absolute atomic E-state index is 0.109. The maximum atomic E-state index is 12.4. The molecule has 1 fully saturated rings. The second-order valence-corrected chi connectivity index (χ2v) is 6.46. The number of carbonyl (C=O) groups excluding carboxylic acids is 1. The molecule has 128 valence electrons. The Morgan fingerprint density at radius 3 is 2.48 bits per heavy atom. The first-order valence-corrected chi connectivity index (χ1v) is 8.25. The first-order valence-electron chi connectivity index (χ1n) is 8.25. The van der Waals surface area contributed by atoms with Crippen LogP contribution in [0.5, 0.6) is 5.75 Å². The number of rotatable bonds is 6. The Hall–Kier alpha value is -1.59. The summed E-state index contributed by atoms with van der Waals surface area (Å²) < 4.78 is 11.4. The Kier molecular flexibility index (Phi) is 6.42. The number of carbonyl (C=O) groups is 1. The van der Waals surface area contributed by atoms with E-state index in [1.807, 2.05) is 55.0 Å². The molecule has 0 aliphatic carbocycles. The van der Waals surface area contributed by atoms with Crippen molar-refractivity contribution in [3.63, 3.8) is 0 Å². The van der Waals surface area contributed by atoms with Crippen LogP contribution in [0.15, 0.2) is 24.3 Å². The first-order chi connectivity index (χ1) is 10.9. The third-order valence-electron chi connectivity index (χ3n) is 3.94. The van der Waals surface area contributed by atoms with E-state index in [4.69, 9.17) is 9.47 Å². The molecule has 0 radical (unpaired) electrons. The van der Waals surface area contributed by atoms with Crippen LogP contribution in [0.3, 0.4) is 0 Å². The van der Waals surface area contributed by atoms with Gasteiger partial charge in [-0.3, -0.25) is 9.69 Å². The van der Waals surface area contributed by atoms with Crippen molar-refractivity contribution in [2.24, 2.45) is 0 Å². The second kappa shape index (κ2) is 8.31. The molecule has 0 spiro atoms. The number of morpholine rings is 1. The average molecular weight is 320 g/mol. The highest BCUT2D eigenvalue weighted by Crippen LogP contribution is 2.12. The number of nitrogens with zero attached hydrogens (tertiary/aromatic N) is 2. The molecule has 0 N–H and O–H groups in total. The zero-order valence-electron chi connectivity index (χ0n) is 14.6. The number of hydrogen-bond donors (Lipinski definition) is 0. The predicted octanol–water partition coefficient (Wildman–Crippen LogP) is 1.94. The molecule has 1 heterocycles. The topological polar surface area (TPSA) is 42.0 Å². The molecule has 1 aliphatic rings. The number of benzene rings is 1. The van der Waals surface area contributed by atoms with Gasteiger partial charge >= 0.3 is 0 Å². The number of aryl methyl sites for hydroxylation is 1. The Bertz CT molecular complexity index is 493. The van der Waals surface area contributed by atoms with Gasteiger partial charge in [0.15, 0.2) is 0 Å². The zero-order valence-corrected chi connectivity index (χ0v) is 14.6. The molecule has 1 amide bonds. The number of amides is 1. The quantitative estimate of drug-likeness (QED) is 0.803. The molecule has 1 saturated heterocycles. The van der Waals surface area contributed by atoms with Crippen molar-refractivity contribution < 1.29 is 14.3 Å². The molecule has 5 heteroatoms. The van der Waals surface area contributed by atoms with E-state index >= 15 is 0 Å². The minimum Gasteiger partial charge on any atom is -0.492 e. The van der Waals surface area contributed by atoms with E-state index in [1.165, 1.54) is 5.56 Å². The van der Waals surface area contributed by atoms with Crippen molar-refractivity contribution in [3.8, 4) is 5.75 Å². The molecule has 0 bridgehead atoms. The predicted molar refractivity (Wildman–Crippen MR) is 90.8 cm³/mol. The number of hydrogen-bond acceptors (Lipinski definition) is 4. The molecular formula is C18H28N2O3. The summed E-state index contributed by atoms with van der Waals surface area (Å²) in [5.41, 5.74) is 1.22. The lowest BCUT2D eigenvalue weighted by Gasteiger charge is -2.36. The molecule has 5 nitrogen and oxygen atoms in total. The largest absolute Gasteiger partial charge is 0.492 e. The summed E-state index contributed by atoms with van der Waals surface area (Å²) in [5, 5.41) is 0. The van der Waals surface area contributed by atoms with Crippen LogP contribution in [0.2, 0.25) is 0 Å². The van der Waals surface area contributed by atoms with Gasteiger partial charge in [0.05, 0.1) is 18.8 Å². The molecule has 2 unspecified atom stereocenters. The summed E-state index contributed by atoms with van der Waals surface area (Å²) in [4.78, 5) is 16.3. The van der Waals surface area contributed by atoms with E-state index in [9.17, 15) is 4.79 Å². The summed E-state index contributed by atoms with van der Waals surface area (Å²) >= 11 is 0. The average Bonchev–Trinajstić information content (AvgIpc) is 2.48. The smallest absolute Gasteiger partial charge is 0.236 e. The van der Waals surface area contributed by atoms with Crippen LogP contribution in [-0.2, 0) is 9.53 Å². The summed E-state index contributed by atoms with van der Waals surface area (Å²) in [6.07, 6.45) is 0.218. The molecule has 23 heavy (non-hydrogen) atoms. The standard InChI is InChI=1S/C18H28N2O3/c1-14-5-7-17(8-6-14)22-10-9-19(4)13-18(21)20-11-15(2)23-16(3)12-20/h5-8,15-16H,9-13H2,1-4H3. The van der Waals surface area contributed by atoms with Gasteiger partial charge in [-0.1, -0.05) is 17.7 Å². The van der Waals surface area contributed by atoms with E-state index in [2.05, 4.69) is 6.92 Å². The monoisotopic (exact) mass is 320 g/mol. The fourth-order valence-electron chi connectivity index (χ4n) is 2.75. The van der Waals surface area contributed by atoms with Gasteiger partial charge in [-0.25, -0.2) is 0 Å². The Balaban J connectivity index is 1.70. The van der Waals surface area contributed by atoms with Crippen molar-refractivity contribution in [1.82, 2.24) is 9.80 Å². The van der Waals surface area contributed by atoms with Gasteiger partial charge in [-0.05, 0) is 40.0 Å². The molecule has 0 saturated carbocycles. The lowest BCUT2D eigenvalue weighted by atomic mass is 10.2. The van der Waals surface area contributed by atoms with Gasteiger partial charge in [-0.15, -0.1) is 0 Å². The van der Waals surface area contributed by atoms with Gasteiger partial charge < -0.3 is 14.4 Å². The lowest BCUT2D eigenvalue weighted by Crippen LogP contribution is -2.50. The molecule has 2 atom stereocenters. The third kappa shape index (κ3) is 5.84. The summed E-state index contributed by atoms with van der Waals surface area (Å²) in [7, 11) is 1.95. The fraction of sp³-hybridized carbons (Fsp3) is 0.611.